The van der Waals surface area contributed by atoms with E-state index in [0.717, 1.165) is 31.5 Å². The number of ether oxygens (including phenoxy) is 2. The van der Waals surface area contributed by atoms with Crippen molar-refractivity contribution in [1.82, 2.24) is 14.9 Å². The molecule has 1 heterocycles. The summed E-state index contributed by atoms with van der Waals surface area (Å²) < 4.78 is 10.6. The van der Waals surface area contributed by atoms with Crippen molar-refractivity contribution in [3.05, 3.63) is 41.3 Å². The van der Waals surface area contributed by atoms with E-state index in [1.54, 1.807) is 27.2 Å². The normalized spacial score (nSPS) is 10.5. The molecule has 0 radical (unpaired) electrons. The third kappa shape index (κ3) is 5.58. The maximum atomic E-state index is 12.8. The highest BCUT2D eigenvalue weighted by molar-refractivity contribution is 5.93. The number of nitrogens with one attached hydrogen (secondary N) is 1. The zero-order valence-electron chi connectivity index (χ0n) is 17.4. The molecule has 28 heavy (non-hydrogen) atoms. The number of nitrogens with zero attached hydrogens (tertiary/aromatic N) is 3. The van der Waals surface area contributed by atoms with Crippen LogP contribution in [0.1, 0.15) is 48.6 Å². The average Bonchev–Trinajstić information content (AvgIpc) is 2.70. The summed E-state index contributed by atoms with van der Waals surface area (Å²) in [5, 5.41) is 3.27. The van der Waals surface area contributed by atoms with Crippen molar-refractivity contribution in [3.8, 4) is 11.5 Å². The highest BCUT2D eigenvalue weighted by Gasteiger charge is 2.17. The summed E-state index contributed by atoms with van der Waals surface area (Å²) in [5.41, 5.74) is 1.43. The Balaban J connectivity index is 2.16. The Kier molecular flexibility index (Phi) is 8.04. The van der Waals surface area contributed by atoms with Crippen molar-refractivity contribution in [3.63, 3.8) is 0 Å². The van der Waals surface area contributed by atoms with Gasteiger partial charge in [-0.1, -0.05) is 19.9 Å². The number of rotatable bonds is 10. The highest BCUT2D eigenvalue weighted by Crippen LogP contribution is 2.27. The van der Waals surface area contributed by atoms with Crippen LogP contribution in [0.3, 0.4) is 0 Å². The summed E-state index contributed by atoms with van der Waals surface area (Å²) >= 11 is 0. The van der Waals surface area contributed by atoms with Crippen molar-refractivity contribution in [2.24, 2.45) is 0 Å². The van der Waals surface area contributed by atoms with Crippen LogP contribution in [0.4, 0.5) is 5.82 Å². The molecule has 0 atom stereocenters. The Morgan fingerprint density at radius 3 is 2.32 bits per heavy atom. The van der Waals surface area contributed by atoms with E-state index in [1.165, 1.54) is 0 Å². The quantitative estimate of drug-likeness (QED) is 0.671. The molecule has 0 unspecified atom stereocenters. The van der Waals surface area contributed by atoms with E-state index in [-0.39, 0.29) is 5.91 Å². The summed E-state index contributed by atoms with van der Waals surface area (Å²) in [6.45, 7) is 7.92. The van der Waals surface area contributed by atoms with Gasteiger partial charge in [0, 0.05) is 25.7 Å². The highest BCUT2D eigenvalue weighted by atomic mass is 16.5. The molecule has 0 bridgehead atoms. The number of aryl methyl sites for hydroxylation is 1. The topological polar surface area (TPSA) is 76.6 Å². The smallest absolute Gasteiger partial charge is 0.272 e. The van der Waals surface area contributed by atoms with Crippen molar-refractivity contribution < 1.29 is 14.3 Å². The van der Waals surface area contributed by atoms with Gasteiger partial charge in [-0.2, -0.15) is 0 Å². The third-order valence-electron chi connectivity index (χ3n) is 4.25. The molecule has 1 amide bonds. The van der Waals surface area contributed by atoms with E-state index < -0.39 is 0 Å². The van der Waals surface area contributed by atoms with Crippen LogP contribution in [0.5, 0.6) is 11.5 Å². The van der Waals surface area contributed by atoms with Crippen LogP contribution in [0, 0.1) is 6.92 Å². The lowest BCUT2D eigenvalue weighted by Gasteiger charge is -2.21. The zero-order valence-corrected chi connectivity index (χ0v) is 17.4. The fourth-order valence-electron chi connectivity index (χ4n) is 2.97. The maximum Gasteiger partial charge on any atom is 0.272 e. The maximum absolute atomic E-state index is 12.8. The van der Waals surface area contributed by atoms with Gasteiger partial charge in [0.1, 0.15) is 17.3 Å². The molecular weight excluding hydrogens is 356 g/mol. The Morgan fingerprint density at radius 2 is 1.71 bits per heavy atom. The number of anilines is 1. The third-order valence-corrected chi connectivity index (χ3v) is 4.25. The molecule has 7 nitrogen and oxygen atoms in total. The van der Waals surface area contributed by atoms with E-state index in [9.17, 15) is 4.79 Å². The monoisotopic (exact) mass is 386 g/mol. The Bertz CT molecular complexity index is 789. The predicted octanol–water partition coefficient (Wildman–Crippen LogP) is 3.68. The van der Waals surface area contributed by atoms with Gasteiger partial charge in [-0.15, -0.1) is 0 Å². The molecule has 1 N–H and O–H groups in total. The molecule has 2 aromatic rings. The summed E-state index contributed by atoms with van der Waals surface area (Å²) in [7, 11) is 3.22. The molecule has 0 aliphatic heterocycles. The average molecular weight is 386 g/mol. The van der Waals surface area contributed by atoms with Gasteiger partial charge in [0.15, 0.2) is 11.5 Å². The molecule has 0 aliphatic carbocycles. The molecular formula is C21H30N4O3. The summed E-state index contributed by atoms with van der Waals surface area (Å²) in [6, 6.07) is 7.45. The minimum absolute atomic E-state index is 0.0524. The first-order valence-corrected chi connectivity index (χ1v) is 9.62. The summed E-state index contributed by atoms with van der Waals surface area (Å²) in [5.74, 6) is 2.49. The fraction of sp³-hybridized carbons (Fsp3) is 0.476. The zero-order chi connectivity index (χ0) is 20.5. The van der Waals surface area contributed by atoms with Crippen LogP contribution in [0.25, 0.3) is 0 Å². The van der Waals surface area contributed by atoms with Crippen LogP contribution in [-0.4, -0.2) is 48.1 Å². The van der Waals surface area contributed by atoms with Crippen LogP contribution in [0.2, 0.25) is 0 Å². The van der Waals surface area contributed by atoms with E-state index in [2.05, 4.69) is 29.1 Å². The molecule has 0 saturated carbocycles. The number of carbonyl (C=O) groups excluding carboxylic acids is 1. The standard InChI is InChI=1S/C21H30N4O3/c1-6-10-25(11-7-2)21(26)17-13-20(24-15(3)23-17)22-14-16-8-9-18(27-4)19(12-16)28-5/h8-9,12-13H,6-7,10-11,14H2,1-5H3,(H,22,23,24). The van der Waals surface area contributed by atoms with Gasteiger partial charge in [0.05, 0.1) is 14.2 Å². The van der Waals surface area contributed by atoms with Crippen LogP contribution >= 0.6 is 0 Å². The molecule has 7 heteroatoms. The predicted molar refractivity (Wildman–Crippen MR) is 110 cm³/mol. The van der Waals surface area contributed by atoms with Gasteiger partial charge >= 0.3 is 0 Å². The van der Waals surface area contributed by atoms with Crippen LogP contribution in [-0.2, 0) is 6.54 Å². The lowest BCUT2D eigenvalue weighted by molar-refractivity contribution is 0.0749. The van der Waals surface area contributed by atoms with E-state index in [0.29, 0.717) is 35.4 Å². The molecule has 0 fully saturated rings. The number of hydrogen-bond donors (Lipinski definition) is 1. The molecule has 1 aromatic heterocycles. The number of aromatic nitrogens is 2. The van der Waals surface area contributed by atoms with Crippen LogP contribution in [0.15, 0.2) is 24.3 Å². The Morgan fingerprint density at radius 1 is 1.04 bits per heavy atom. The van der Waals surface area contributed by atoms with Gasteiger partial charge in [0.25, 0.3) is 5.91 Å². The first-order chi connectivity index (χ1) is 13.5. The fourth-order valence-corrected chi connectivity index (χ4v) is 2.97. The molecule has 152 valence electrons. The first-order valence-electron chi connectivity index (χ1n) is 9.62. The molecule has 0 saturated heterocycles. The lowest BCUT2D eigenvalue weighted by Crippen LogP contribution is -2.33. The first kappa shape index (κ1) is 21.5. The molecule has 0 spiro atoms. The minimum atomic E-state index is -0.0524. The van der Waals surface area contributed by atoms with E-state index in [4.69, 9.17) is 9.47 Å². The second-order valence-corrected chi connectivity index (χ2v) is 6.52. The number of carbonyl (C=O) groups is 1. The van der Waals surface area contributed by atoms with Crippen molar-refractivity contribution in [2.75, 3.05) is 32.6 Å². The van der Waals surface area contributed by atoms with E-state index in [1.807, 2.05) is 23.1 Å². The largest absolute Gasteiger partial charge is 0.493 e. The molecule has 1 aromatic carbocycles. The minimum Gasteiger partial charge on any atom is -0.493 e. The van der Waals surface area contributed by atoms with Gasteiger partial charge < -0.3 is 19.7 Å². The second kappa shape index (κ2) is 10.5. The van der Waals surface area contributed by atoms with Crippen molar-refractivity contribution in [2.45, 2.75) is 40.2 Å². The summed E-state index contributed by atoms with van der Waals surface area (Å²) in [6.07, 6.45) is 1.83. The number of hydrogen-bond acceptors (Lipinski definition) is 6. The SMILES string of the molecule is CCCN(CCC)C(=O)c1cc(NCc2ccc(OC)c(OC)c2)nc(C)n1. The van der Waals surface area contributed by atoms with Crippen LogP contribution < -0.4 is 14.8 Å². The number of amides is 1. The Hall–Kier alpha value is -2.83. The van der Waals surface area contributed by atoms with Gasteiger partial charge in [-0.05, 0) is 37.5 Å². The summed E-state index contributed by atoms with van der Waals surface area (Å²) in [4.78, 5) is 23.4. The van der Waals surface area contributed by atoms with Gasteiger partial charge in [0.2, 0.25) is 0 Å². The van der Waals surface area contributed by atoms with Crippen molar-refractivity contribution >= 4 is 11.7 Å². The number of benzene rings is 1. The van der Waals surface area contributed by atoms with Gasteiger partial charge in [-0.25, -0.2) is 9.97 Å². The Labute approximate surface area is 167 Å². The molecule has 2 rings (SSSR count). The second-order valence-electron chi connectivity index (χ2n) is 6.52. The van der Waals surface area contributed by atoms with E-state index >= 15 is 0 Å². The molecule has 0 aliphatic rings. The van der Waals surface area contributed by atoms with Gasteiger partial charge in [-0.3, -0.25) is 4.79 Å². The van der Waals surface area contributed by atoms with Crippen molar-refractivity contribution in [1.29, 1.82) is 0 Å². The lowest BCUT2D eigenvalue weighted by atomic mass is 10.2. The number of methoxy groups -OCH3 is 2.